The molecule has 3 atom stereocenters. The zero-order valence-electron chi connectivity index (χ0n) is 16.6. The molecule has 2 aromatic carbocycles. The molecule has 2 aliphatic rings. The minimum absolute atomic E-state index is 0.0593. The molecule has 2 aromatic rings. The fourth-order valence-electron chi connectivity index (χ4n) is 3.95. The maximum absolute atomic E-state index is 13.3. The molecule has 1 saturated carbocycles. The van der Waals surface area contributed by atoms with E-state index in [4.69, 9.17) is 4.74 Å². The molecule has 1 N–H and O–H groups in total. The van der Waals surface area contributed by atoms with Crippen LogP contribution in [-0.4, -0.2) is 40.5 Å². The summed E-state index contributed by atoms with van der Waals surface area (Å²) >= 11 is 0. The Kier molecular flexibility index (Phi) is 5.24. The molecule has 2 fully saturated rings. The summed E-state index contributed by atoms with van der Waals surface area (Å²) in [7, 11) is 0. The molecule has 152 valence electrons. The molecule has 1 aliphatic heterocycles. The van der Waals surface area contributed by atoms with E-state index in [1.54, 1.807) is 17.0 Å². The first-order valence-electron chi connectivity index (χ1n) is 10.00. The zero-order valence-corrected chi connectivity index (χ0v) is 16.6. The lowest BCUT2D eigenvalue weighted by atomic mass is 9.97. The van der Waals surface area contributed by atoms with Crippen molar-refractivity contribution >= 4 is 17.3 Å². The van der Waals surface area contributed by atoms with Crippen LogP contribution >= 0.6 is 0 Å². The van der Waals surface area contributed by atoms with E-state index < -0.39 is 4.92 Å². The van der Waals surface area contributed by atoms with Crippen molar-refractivity contribution in [3.63, 3.8) is 0 Å². The Morgan fingerprint density at radius 1 is 1.17 bits per heavy atom. The van der Waals surface area contributed by atoms with E-state index in [9.17, 15) is 14.9 Å². The first-order chi connectivity index (χ1) is 14.0. The van der Waals surface area contributed by atoms with Gasteiger partial charge in [-0.1, -0.05) is 30.3 Å². The number of carbonyl (C=O) groups excluding carboxylic acids is 1. The second-order valence-electron chi connectivity index (χ2n) is 7.87. The molecule has 0 unspecified atom stereocenters. The van der Waals surface area contributed by atoms with Crippen molar-refractivity contribution in [2.24, 2.45) is 0 Å². The van der Waals surface area contributed by atoms with Gasteiger partial charge in [-0.05, 0) is 44.4 Å². The van der Waals surface area contributed by atoms with Crippen LogP contribution < -0.4 is 5.32 Å². The number of nitro benzene ring substituents is 1. The molecule has 0 radical (unpaired) electrons. The van der Waals surface area contributed by atoms with E-state index in [1.807, 2.05) is 44.2 Å². The summed E-state index contributed by atoms with van der Waals surface area (Å²) in [6.45, 7) is 4.31. The van der Waals surface area contributed by atoms with Crippen molar-refractivity contribution in [1.29, 1.82) is 0 Å². The number of hydrogen-bond acceptors (Lipinski definition) is 5. The number of morpholine rings is 1. The van der Waals surface area contributed by atoms with Crippen molar-refractivity contribution in [2.75, 3.05) is 11.9 Å². The van der Waals surface area contributed by atoms with Crippen LogP contribution in [-0.2, 0) is 4.74 Å². The first kappa shape index (κ1) is 19.4. The molecule has 0 bridgehead atoms. The van der Waals surface area contributed by atoms with Crippen LogP contribution in [0.25, 0.3) is 0 Å². The lowest BCUT2D eigenvalue weighted by Crippen LogP contribution is -2.53. The molecule has 1 heterocycles. The van der Waals surface area contributed by atoms with Gasteiger partial charge in [-0.15, -0.1) is 0 Å². The number of anilines is 1. The maximum Gasteiger partial charge on any atom is 0.293 e. The van der Waals surface area contributed by atoms with E-state index in [1.165, 1.54) is 6.07 Å². The number of nitro groups is 1. The van der Waals surface area contributed by atoms with Gasteiger partial charge in [0.05, 0.1) is 23.6 Å². The Hall–Kier alpha value is -2.93. The van der Waals surface area contributed by atoms with Gasteiger partial charge < -0.3 is 15.0 Å². The molecule has 1 aliphatic carbocycles. The molecular weight excluding hydrogens is 370 g/mol. The SMILES string of the molecule is C[C@@H]1CO[C@@H](c2ccccc2)[C@H](C)N1C(=O)c1ccc(NC2CC2)c([N+](=O)[O-])c1. The van der Waals surface area contributed by atoms with Crippen LogP contribution in [0.2, 0.25) is 0 Å². The number of nitrogens with zero attached hydrogens (tertiary/aromatic N) is 2. The highest BCUT2D eigenvalue weighted by molar-refractivity contribution is 5.96. The van der Waals surface area contributed by atoms with Crippen molar-refractivity contribution in [1.82, 2.24) is 4.90 Å². The van der Waals surface area contributed by atoms with E-state index in [0.717, 1.165) is 18.4 Å². The van der Waals surface area contributed by atoms with Gasteiger partial charge in [0, 0.05) is 17.7 Å². The highest BCUT2D eigenvalue weighted by Crippen LogP contribution is 2.34. The summed E-state index contributed by atoms with van der Waals surface area (Å²) in [4.78, 5) is 26.3. The number of amides is 1. The summed E-state index contributed by atoms with van der Waals surface area (Å²) in [5, 5.41) is 14.7. The lowest BCUT2D eigenvalue weighted by molar-refractivity contribution is -0.384. The number of hydrogen-bond donors (Lipinski definition) is 1. The third-order valence-electron chi connectivity index (χ3n) is 5.61. The minimum atomic E-state index is -0.430. The van der Waals surface area contributed by atoms with Gasteiger partial charge in [0.1, 0.15) is 11.8 Å². The molecule has 7 heteroatoms. The van der Waals surface area contributed by atoms with Crippen LogP contribution in [0.5, 0.6) is 0 Å². The third kappa shape index (κ3) is 3.96. The van der Waals surface area contributed by atoms with Gasteiger partial charge in [-0.3, -0.25) is 14.9 Å². The molecule has 1 saturated heterocycles. The predicted molar refractivity (Wildman–Crippen MR) is 110 cm³/mol. The topological polar surface area (TPSA) is 84.7 Å². The first-order valence-corrected chi connectivity index (χ1v) is 10.00. The summed E-state index contributed by atoms with van der Waals surface area (Å²) in [6, 6.07) is 14.5. The Balaban J connectivity index is 1.61. The van der Waals surface area contributed by atoms with Crippen molar-refractivity contribution < 1.29 is 14.5 Å². The summed E-state index contributed by atoms with van der Waals surface area (Å²) in [5.41, 5.74) is 1.75. The van der Waals surface area contributed by atoms with E-state index in [2.05, 4.69) is 5.32 Å². The van der Waals surface area contributed by atoms with Gasteiger partial charge in [0.15, 0.2) is 0 Å². The summed E-state index contributed by atoms with van der Waals surface area (Å²) < 4.78 is 6.02. The van der Waals surface area contributed by atoms with Crippen LogP contribution in [0.3, 0.4) is 0 Å². The average Bonchev–Trinajstić information content (AvgIpc) is 3.53. The number of carbonyl (C=O) groups is 1. The molecule has 0 spiro atoms. The molecular formula is C22H25N3O4. The second kappa shape index (κ2) is 7.83. The largest absolute Gasteiger partial charge is 0.377 e. The molecule has 0 aromatic heterocycles. The van der Waals surface area contributed by atoms with Crippen LogP contribution in [0, 0.1) is 10.1 Å². The Morgan fingerprint density at radius 2 is 1.90 bits per heavy atom. The van der Waals surface area contributed by atoms with Gasteiger partial charge in [0.25, 0.3) is 11.6 Å². The van der Waals surface area contributed by atoms with Crippen LogP contribution in [0.4, 0.5) is 11.4 Å². The highest BCUT2D eigenvalue weighted by atomic mass is 16.6. The van der Waals surface area contributed by atoms with Crippen molar-refractivity contribution in [2.45, 2.75) is 50.9 Å². The average molecular weight is 395 g/mol. The number of ether oxygens (including phenoxy) is 1. The lowest BCUT2D eigenvalue weighted by Gasteiger charge is -2.43. The fourth-order valence-corrected chi connectivity index (χ4v) is 3.95. The van der Waals surface area contributed by atoms with E-state index >= 15 is 0 Å². The smallest absolute Gasteiger partial charge is 0.293 e. The molecule has 29 heavy (non-hydrogen) atoms. The van der Waals surface area contributed by atoms with Crippen LogP contribution in [0.1, 0.15) is 48.7 Å². The minimum Gasteiger partial charge on any atom is -0.377 e. The van der Waals surface area contributed by atoms with E-state index in [0.29, 0.717) is 23.9 Å². The van der Waals surface area contributed by atoms with E-state index in [-0.39, 0.29) is 29.8 Å². The Bertz CT molecular complexity index is 914. The predicted octanol–water partition coefficient (Wildman–Crippen LogP) is 4.16. The van der Waals surface area contributed by atoms with Crippen molar-refractivity contribution in [3.8, 4) is 0 Å². The molecule has 1 amide bonds. The number of nitrogens with one attached hydrogen (secondary N) is 1. The molecule has 7 nitrogen and oxygen atoms in total. The van der Waals surface area contributed by atoms with Gasteiger partial charge in [-0.25, -0.2) is 0 Å². The maximum atomic E-state index is 13.3. The van der Waals surface area contributed by atoms with Gasteiger partial charge in [0.2, 0.25) is 0 Å². The van der Waals surface area contributed by atoms with Crippen LogP contribution in [0.15, 0.2) is 48.5 Å². The quantitative estimate of drug-likeness (QED) is 0.607. The Morgan fingerprint density at radius 3 is 2.55 bits per heavy atom. The monoisotopic (exact) mass is 395 g/mol. The Labute approximate surface area is 169 Å². The summed E-state index contributed by atoms with van der Waals surface area (Å²) in [5.74, 6) is -0.213. The number of benzene rings is 2. The highest BCUT2D eigenvalue weighted by Gasteiger charge is 2.38. The molecule has 4 rings (SSSR count). The summed E-state index contributed by atoms with van der Waals surface area (Å²) in [6.07, 6.45) is 1.80. The second-order valence-corrected chi connectivity index (χ2v) is 7.87. The normalized spacial score (nSPS) is 24.2. The zero-order chi connectivity index (χ0) is 20.5. The number of rotatable bonds is 5. The van der Waals surface area contributed by atoms with Gasteiger partial charge >= 0.3 is 0 Å². The third-order valence-corrected chi connectivity index (χ3v) is 5.61. The standard InChI is InChI=1S/C22H25N3O4/c1-14-13-29-21(16-6-4-3-5-7-16)15(2)24(14)22(26)17-8-11-19(23-18-9-10-18)20(12-17)25(27)28/h3-8,11-12,14-15,18,21,23H,9-10,13H2,1-2H3/t14-,15+,21-/m1/s1. The fraction of sp³-hybridized carbons (Fsp3) is 0.409. The van der Waals surface area contributed by atoms with Crippen molar-refractivity contribution in [3.05, 3.63) is 69.8 Å². The van der Waals surface area contributed by atoms with Gasteiger partial charge in [-0.2, -0.15) is 0 Å².